The summed E-state index contributed by atoms with van der Waals surface area (Å²) in [6.45, 7) is 0. The summed E-state index contributed by atoms with van der Waals surface area (Å²) in [6, 6.07) is 4.17. The van der Waals surface area contributed by atoms with Crippen molar-refractivity contribution in [2.24, 2.45) is 0 Å². The monoisotopic (exact) mass is 294 g/mol. The zero-order chi connectivity index (χ0) is 14.0. The fourth-order valence-electron chi connectivity index (χ4n) is 0.892. The molecule has 1 aromatic rings. The van der Waals surface area contributed by atoms with Gasteiger partial charge in [-0.15, -0.1) is 13.2 Å². The van der Waals surface area contributed by atoms with Crippen LogP contribution in [0.25, 0.3) is 0 Å². The number of rotatable bonds is 4. The minimum absolute atomic E-state index is 0.189. The van der Waals surface area contributed by atoms with Crippen molar-refractivity contribution >= 4 is 11.6 Å². The van der Waals surface area contributed by atoms with Crippen LogP contribution in [-0.4, -0.2) is 18.8 Å². The van der Waals surface area contributed by atoms with E-state index in [0.717, 1.165) is 24.3 Å². The minimum atomic E-state index is -5.54. The molecule has 1 atom stereocenters. The third-order valence-corrected chi connectivity index (χ3v) is 1.82. The molecule has 0 aliphatic carbocycles. The summed E-state index contributed by atoms with van der Waals surface area (Å²) in [5.74, 6) is -0.558. The summed E-state index contributed by atoms with van der Waals surface area (Å²) in [5, 5.41) is 0.189. The molecular weight excluding hydrogens is 290 g/mol. The number of hydrogen-bond acceptors (Lipinski definition) is 2. The van der Waals surface area contributed by atoms with E-state index in [1.807, 2.05) is 0 Å². The average molecular weight is 295 g/mol. The van der Waals surface area contributed by atoms with Crippen LogP contribution in [0.3, 0.4) is 0 Å². The van der Waals surface area contributed by atoms with Crippen molar-refractivity contribution in [2.45, 2.75) is 18.8 Å². The highest BCUT2D eigenvalue weighted by atomic mass is 35.5. The third kappa shape index (κ3) is 4.61. The SMILES string of the molecule is FC(OC(F)(F)F)C(F)(F)Oc1ccc(Cl)cc1. The first kappa shape index (κ1) is 14.9. The Kier molecular flexibility index (Phi) is 4.33. The van der Waals surface area contributed by atoms with Crippen molar-refractivity contribution in [3.8, 4) is 5.75 Å². The lowest BCUT2D eigenvalue weighted by Gasteiger charge is -2.22. The highest BCUT2D eigenvalue weighted by Gasteiger charge is 2.50. The highest BCUT2D eigenvalue weighted by molar-refractivity contribution is 6.30. The number of hydrogen-bond donors (Lipinski definition) is 0. The van der Waals surface area contributed by atoms with Gasteiger partial charge in [-0.3, -0.25) is 0 Å². The second-order valence-corrected chi connectivity index (χ2v) is 3.43. The highest BCUT2D eigenvalue weighted by Crippen LogP contribution is 2.31. The zero-order valence-corrected chi connectivity index (χ0v) is 9.10. The van der Waals surface area contributed by atoms with Crippen LogP contribution in [0.1, 0.15) is 0 Å². The predicted molar refractivity (Wildman–Crippen MR) is 49.1 cm³/mol. The number of halogens is 7. The molecule has 0 fully saturated rings. The second kappa shape index (κ2) is 5.23. The normalized spacial score (nSPS) is 14.4. The molecule has 0 aliphatic heterocycles. The van der Waals surface area contributed by atoms with Crippen LogP contribution in [0.2, 0.25) is 5.02 Å². The van der Waals surface area contributed by atoms with Gasteiger partial charge in [0.2, 0.25) is 0 Å². The molecule has 0 aliphatic rings. The summed E-state index contributed by atoms with van der Waals surface area (Å²) in [4.78, 5) is 0. The Bertz CT molecular complexity index is 391. The van der Waals surface area contributed by atoms with Crippen LogP contribution in [0.5, 0.6) is 5.75 Å². The Morgan fingerprint density at radius 1 is 1.00 bits per heavy atom. The van der Waals surface area contributed by atoms with Crippen LogP contribution in [-0.2, 0) is 4.74 Å². The minimum Gasteiger partial charge on any atom is -0.429 e. The van der Waals surface area contributed by atoms with Crippen molar-refractivity contribution in [3.05, 3.63) is 29.3 Å². The van der Waals surface area contributed by atoms with Gasteiger partial charge in [-0.1, -0.05) is 11.6 Å². The molecule has 102 valence electrons. The number of ether oxygens (including phenoxy) is 2. The van der Waals surface area contributed by atoms with Gasteiger partial charge in [0.25, 0.3) is 0 Å². The molecule has 0 N–H and O–H groups in total. The van der Waals surface area contributed by atoms with E-state index in [0.29, 0.717) is 0 Å². The molecule has 0 aromatic heterocycles. The maximum Gasteiger partial charge on any atom is 0.525 e. The Morgan fingerprint density at radius 2 is 1.50 bits per heavy atom. The van der Waals surface area contributed by atoms with Gasteiger partial charge in [0, 0.05) is 5.02 Å². The van der Waals surface area contributed by atoms with Gasteiger partial charge in [-0.2, -0.15) is 8.78 Å². The van der Waals surface area contributed by atoms with Gasteiger partial charge in [0.1, 0.15) is 5.75 Å². The fraction of sp³-hybridized carbons (Fsp3) is 0.333. The molecule has 9 heteroatoms. The number of benzene rings is 1. The number of alkyl halides is 6. The topological polar surface area (TPSA) is 18.5 Å². The van der Waals surface area contributed by atoms with Crippen molar-refractivity contribution in [1.29, 1.82) is 0 Å². The molecule has 0 saturated carbocycles. The van der Waals surface area contributed by atoms with E-state index in [1.165, 1.54) is 0 Å². The van der Waals surface area contributed by atoms with Gasteiger partial charge < -0.3 is 4.74 Å². The van der Waals surface area contributed by atoms with E-state index in [1.54, 1.807) is 0 Å². The smallest absolute Gasteiger partial charge is 0.429 e. The van der Waals surface area contributed by atoms with E-state index in [2.05, 4.69) is 9.47 Å². The van der Waals surface area contributed by atoms with Gasteiger partial charge in [0.05, 0.1) is 0 Å². The van der Waals surface area contributed by atoms with E-state index in [9.17, 15) is 26.3 Å². The molecule has 0 heterocycles. The fourth-order valence-corrected chi connectivity index (χ4v) is 1.02. The van der Waals surface area contributed by atoms with Gasteiger partial charge >= 0.3 is 18.8 Å². The standard InChI is InChI=1S/C9H5ClF6O2/c10-5-1-3-6(4-2-5)17-8(12,13)7(11)18-9(14,15)16/h1-4,7H. The lowest BCUT2D eigenvalue weighted by Crippen LogP contribution is -2.41. The van der Waals surface area contributed by atoms with Gasteiger partial charge in [-0.05, 0) is 24.3 Å². The van der Waals surface area contributed by atoms with Crippen molar-refractivity contribution in [1.82, 2.24) is 0 Å². The largest absolute Gasteiger partial charge is 0.525 e. The van der Waals surface area contributed by atoms with Crippen LogP contribution < -0.4 is 4.74 Å². The molecule has 2 nitrogen and oxygen atoms in total. The Morgan fingerprint density at radius 3 is 1.94 bits per heavy atom. The van der Waals surface area contributed by atoms with Crippen molar-refractivity contribution < 1.29 is 35.8 Å². The van der Waals surface area contributed by atoms with Gasteiger partial charge in [0.15, 0.2) is 0 Å². The molecule has 0 amide bonds. The third-order valence-electron chi connectivity index (χ3n) is 1.57. The Labute approximate surface area is 102 Å². The van der Waals surface area contributed by atoms with E-state index in [4.69, 9.17) is 11.6 Å². The first-order valence-corrected chi connectivity index (χ1v) is 4.69. The molecule has 1 unspecified atom stereocenters. The molecule has 0 bridgehead atoms. The molecule has 0 saturated heterocycles. The maximum atomic E-state index is 12.9. The molecular formula is C9H5ClF6O2. The lowest BCUT2D eigenvalue weighted by molar-refractivity contribution is -0.411. The summed E-state index contributed by atoms with van der Waals surface area (Å²) in [7, 11) is 0. The average Bonchev–Trinajstić information content (AvgIpc) is 2.18. The summed E-state index contributed by atoms with van der Waals surface area (Å²) < 4.78 is 79.3. The first-order chi connectivity index (χ1) is 8.10. The van der Waals surface area contributed by atoms with E-state index >= 15 is 0 Å². The summed E-state index contributed by atoms with van der Waals surface area (Å²) >= 11 is 5.44. The van der Waals surface area contributed by atoms with E-state index in [-0.39, 0.29) is 5.02 Å². The Balaban J connectivity index is 2.71. The lowest BCUT2D eigenvalue weighted by atomic mass is 10.3. The maximum absolute atomic E-state index is 12.9. The van der Waals surface area contributed by atoms with Crippen LogP contribution in [0, 0.1) is 0 Å². The van der Waals surface area contributed by atoms with Crippen molar-refractivity contribution in [3.63, 3.8) is 0 Å². The second-order valence-electron chi connectivity index (χ2n) is 3.00. The quantitative estimate of drug-likeness (QED) is 0.777. The summed E-state index contributed by atoms with van der Waals surface area (Å²) in [5.41, 5.74) is 0. The van der Waals surface area contributed by atoms with Crippen LogP contribution in [0.15, 0.2) is 24.3 Å². The zero-order valence-electron chi connectivity index (χ0n) is 8.35. The predicted octanol–water partition coefficient (Wildman–Crippen LogP) is 4.14. The Hall–Kier alpha value is -1.15. The van der Waals surface area contributed by atoms with Crippen LogP contribution in [0.4, 0.5) is 26.3 Å². The molecule has 1 rings (SSSR count). The molecule has 1 aromatic carbocycles. The first-order valence-electron chi connectivity index (χ1n) is 4.31. The van der Waals surface area contributed by atoms with Crippen molar-refractivity contribution in [2.75, 3.05) is 0 Å². The van der Waals surface area contributed by atoms with E-state index < -0.39 is 24.6 Å². The molecule has 18 heavy (non-hydrogen) atoms. The summed E-state index contributed by atoms with van der Waals surface area (Å²) in [6.07, 6.45) is -14.3. The molecule has 0 spiro atoms. The van der Waals surface area contributed by atoms with Crippen LogP contribution >= 0.6 is 11.6 Å². The molecule has 0 radical (unpaired) electrons. The van der Waals surface area contributed by atoms with Gasteiger partial charge in [-0.25, -0.2) is 9.13 Å².